The zero-order valence-electron chi connectivity index (χ0n) is 13.7. The summed E-state index contributed by atoms with van der Waals surface area (Å²) in [7, 11) is 0. The van der Waals surface area contributed by atoms with Gasteiger partial charge in [0.1, 0.15) is 5.69 Å². The molecule has 1 aromatic heterocycles. The van der Waals surface area contributed by atoms with Crippen LogP contribution in [0.25, 0.3) is 0 Å². The first-order chi connectivity index (χ1) is 10.7. The largest absolute Gasteiger partial charge is 0.352 e. The molecule has 0 bridgehead atoms. The summed E-state index contributed by atoms with van der Waals surface area (Å²) < 4.78 is 0. The van der Waals surface area contributed by atoms with Crippen molar-refractivity contribution in [1.82, 2.24) is 15.6 Å². The summed E-state index contributed by atoms with van der Waals surface area (Å²) >= 11 is 0. The fraction of sp³-hybridized carbons (Fsp3) is 0.588. The van der Waals surface area contributed by atoms with E-state index in [1.165, 1.54) is 6.20 Å². The second kappa shape index (κ2) is 10.8. The van der Waals surface area contributed by atoms with Crippen LogP contribution in [0, 0.1) is 0 Å². The van der Waals surface area contributed by atoms with Gasteiger partial charge in [0.15, 0.2) is 0 Å². The number of rotatable bonds is 10. The van der Waals surface area contributed by atoms with Crippen molar-refractivity contribution in [2.24, 2.45) is 0 Å². The van der Waals surface area contributed by atoms with E-state index in [4.69, 9.17) is 0 Å². The number of amides is 2. The molecule has 122 valence electrons. The van der Waals surface area contributed by atoms with Gasteiger partial charge in [0.2, 0.25) is 0 Å². The van der Waals surface area contributed by atoms with Gasteiger partial charge in [0, 0.05) is 19.3 Å². The van der Waals surface area contributed by atoms with Gasteiger partial charge >= 0.3 is 0 Å². The molecule has 0 aliphatic rings. The number of aromatic nitrogens is 1. The molecular weight excluding hydrogens is 278 g/mol. The van der Waals surface area contributed by atoms with Gasteiger partial charge in [0.05, 0.1) is 5.56 Å². The molecule has 2 N–H and O–H groups in total. The number of nitrogens with zero attached hydrogens (tertiary/aromatic N) is 1. The summed E-state index contributed by atoms with van der Waals surface area (Å²) in [5.41, 5.74) is 0.832. The lowest BCUT2D eigenvalue weighted by Gasteiger charge is -2.06. The Labute approximate surface area is 132 Å². The first-order valence-corrected chi connectivity index (χ1v) is 8.21. The zero-order valence-corrected chi connectivity index (χ0v) is 13.7. The van der Waals surface area contributed by atoms with Crippen LogP contribution in [-0.4, -0.2) is 29.9 Å². The highest BCUT2D eigenvalue weighted by molar-refractivity contribution is 5.96. The molecule has 0 fully saturated rings. The maximum Gasteiger partial charge on any atom is 0.269 e. The predicted octanol–water partition coefficient (Wildman–Crippen LogP) is 2.92. The Hall–Kier alpha value is -1.91. The van der Waals surface area contributed by atoms with Crippen LogP contribution in [0.15, 0.2) is 18.3 Å². The van der Waals surface area contributed by atoms with E-state index < -0.39 is 0 Å². The molecule has 0 unspecified atom stereocenters. The molecule has 0 saturated heterocycles. The lowest BCUT2D eigenvalue weighted by Crippen LogP contribution is -2.27. The van der Waals surface area contributed by atoms with Gasteiger partial charge in [-0.3, -0.25) is 14.6 Å². The molecule has 1 aromatic rings. The molecule has 5 nitrogen and oxygen atoms in total. The topological polar surface area (TPSA) is 71.1 Å². The number of pyridine rings is 1. The highest BCUT2D eigenvalue weighted by atomic mass is 16.2. The second-order valence-corrected chi connectivity index (χ2v) is 5.36. The SMILES string of the molecule is CCCCCNC(=O)c1ccc(C(=O)NCCCCC)nc1. The summed E-state index contributed by atoms with van der Waals surface area (Å²) in [5.74, 6) is -0.329. The molecule has 0 spiro atoms. The van der Waals surface area contributed by atoms with Crippen molar-refractivity contribution >= 4 is 11.8 Å². The van der Waals surface area contributed by atoms with Crippen molar-refractivity contribution in [2.75, 3.05) is 13.1 Å². The lowest BCUT2D eigenvalue weighted by molar-refractivity contribution is 0.0937. The first-order valence-electron chi connectivity index (χ1n) is 8.21. The molecule has 0 atom stereocenters. The summed E-state index contributed by atoms with van der Waals surface area (Å²) in [5, 5.41) is 5.68. The van der Waals surface area contributed by atoms with Crippen molar-refractivity contribution in [3.05, 3.63) is 29.6 Å². The van der Waals surface area contributed by atoms with E-state index in [1.54, 1.807) is 12.1 Å². The first kappa shape index (κ1) is 18.1. The molecule has 22 heavy (non-hydrogen) atoms. The Kier molecular flexibility index (Phi) is 8.88. The Morgan fingerprint density at radius 2 is 1.50 bits per heavy atom. The Morgan fingerprint density at radius 3 is 2.00 bits per heavy atom. The summed E-state index contributed by atoms with van der Waals surface area (Å²) in [6.07, 6.45) is 7.86. The maximum absolute atomic E-state index is 11.9. The second-order valence-electron chi connectivity index (χ2n) is 5.36. The van der Waals surface area contributed by atoms with Crippen molar-refractivity contribution < 1.29 is 9.59 Å². The van der Waals surface area contributed by atoms with Gasteiger partial charge in [-0.2, -0.15) is 0 Å². The van der Waals surface area contributed by atoms with Crippen molar-refractivity contribution in [1.29, 1.82) is 0 Å². The number of nitrogens with one attached hydrogen (secondary N) is 2. The zero-order chi connectivity index (χ0) is 16.2. The minimum Gasteiger partial charge on any atom is -0.352 e. The Morgan fingerprint density at radius 1 is 0.909 bits per heavy atom. The van der Waals surface area contributed by atoms with Gasteiger partial charge in [-0.25, -0.2) is 0 Å². The van der Waals surface area contributed by atoms with E-state index in [2.05, 4.69) is 29.5 Å². The van der Waals surface area contributed by atoms with Gasteiger partial charge in [-0.15, -0.1) is 0 Å². The third-order valence-corrected chi connectivity index (χ3v) is 3.39. The molecule has 1 rings (SSSR count). The van der Waals surface area contributed by atoms with E-state index in [-0.39, 0.29) is 11.8 Å². The molecule has 0 aliphatic heterocycles. The van der Waals surface area contributed by atoms with E-state index in [1.807, 2.05) is 0 Å². The fourth-order valence-electron chi connectivity index (χ4n) is 2.01. The maximum atomic E-state index is 11.9. The van der Waals surface area contributed by atoms with Gasteiger partial charge in [0.25, 0.3) is 11.8 Å². The Balaban J connectivity index is 2.41. The number of unbranched alkanes of at least 4 members (excludes halogenated alkanes) is 4. The number of carbonyl (C=O) groups excluding carboxylic acids is 2. The monoisotopic (exact) mass is 305 g/mol. The van der Waals surface area contributed by atoms with Crippen LogP contribution in [0.2, 0.25) is 0 Å². The van der Waals surface area contributed by atoms with Crippen LogP contribution in [0.4, 0.5) is 0 Å². The van der Waals surface area contributed by atoms with Crippen LogP contribution < -0.4 is 10.6 Å². The summed E-state index contributed by atoms with van der Waals surface area (Å²) in [4.78, 5) is 27.8. The van der Waals surface area contributed by atoms with Crippen molar-refractivity contribution in [3.63, 3.8) is 0 Å². The van der Waals surface area contributed by atoms with E-state index in [0.29, 0.717) is 24.3 Å². The van der Waals surface area contributed by atoms with Gasteiger partial charge in [-0.1, -0.05) is 39.5 Å². The van der Waals surface area contributed by atoms with Crippen LogP contribution >= 0.6 is 0 Å². The van der Waals surface area contributed by atoms with Crippen molar-refractivity contribution in [3.8, 4) is 0 Å². The van der Waals surface area contributed by atoms with Crippen LogP contribution in [0.1, 0.15) is 73.2 Å². The minimum absolute atomic E-state index is 0.140. The average Bonchev–Trinajstić information content (AvgIpc) is 2.55. The molecule has 5 heteroatoms. The third kappa shape index (κ3) is 6.70. The summed E-state index contributed by atoms with van der Waals surface area (Å²) in [6.45, 7) is 5.58. The van der Waals surface area contributed by atoms with Crippen LogP contribution in [-0.2, 0) is 0 Å². The molecular formula is C17H27N3O2. The third-order valence-electron chi connectivity index (χ3n) is 3.39. The lowest BCUT2D eigenvalue weighted by atomic mass is 10.2. The van der Waals surface area contributed by atoms with Gasteiger partial charge < -0.3 is 10.6 Å². The number of hydrogen-bond donors (Lipinski definition) is 2. The predicted molar refractivity (Wildman–Crippen MR) is 88.0 cm³/mol. The average molecular weight is 305 g/mol. The Bertz CT molecular complexity index is 414. The molecule has 0 radical (unpaired) electrons. The van der Waals surface area contributed by atoms with Gasteiger partial charge in [-0.05, 0) is 25.0 Å². The normalized spacial score (nSPS) is 10.3. The smallest absolute Gasteiger partial charge is 0.269 e. The van der Waals surface area contributed by atoms with E-state index in [9.17, 15) is 9.59 Å². The molecule has 2 amide bonds. The van der Waals surface area contributed by atoms with Crippen LogP contribution in [0.3, 0.4) is 0 Å². The standard InChI is InChI=1S/C17H27N3O2/c1-3-5-7-11-18-16(21)14-9-10-15(20-13-14)17(22)19-12-8-6-4-2/h9-10,13H,3-8,11-12H2,1-2H3,(H,18,21)(H,19,22). The number of hydrogen-bond acceptors (Lipinski definition) is 3. The minimum atomic E-state index is -0.189. The highest BCUT2D eigenvalue weighted by Crippen LogP contribution is 2.02. The van der Waals surface area contributed by atoms with E-state index in [0.717, 1.165) is 38.5 Å². The number of carbonyl (C=O) groups is 2. The van der Waals surface area contributed by atoms with E-state index >= 15 is 0 Å². The highest BCUT2D eigenvalue weighted by Gasteiger charge is 2.09. The molecule has 0 aliphatic carbocycles. The quantitative estimate of drug-likeness (QED) is 0.653. The van der Waals surface area contributed by atoms with Crippen molar-refractivity contribution in [2.45, 2.75) is 52.4 Å². The molecule has 0 saturated carbocycles. The summed E-state index contributed by atoms with van der Waals surface area (Å²) in [6, 6.07) is 3.24. The molecule has 0 aromatic carbocycles. The van der Waals surface area contributed by atoms with Crippen LogP contribution in [0.5, 0.6) is 0 Å². The fourth-order valence-corrected chi connectivity index (χ4v) is 2.01. The molecule has 1 heterocycles.